The molecule has 198 valence electrons. The standard InChI is InChI=1S/C35H43N3/c1-5-30-24-34-27(3)37-28(4)38-35(34)25-33(30)17-11-8-6-7-9-14-22-36-26(2)23-29-18-20-32(21-19-29)31-15-12-10-13-16-31/h10,12-13,15-16,18-21,24-25,36H,2,5-9,11,14,17,22-23H2,1,3-4H3. The summed E-state index contributed by atoms with van der Waals surface area (Å²) in [6.07, 6.45) is 10.7. The first-order chi connectivity index (χ1) is 18.5. The van der Waals surface area contributed by atoms with Crippen LogP contribution in [0.2, 0.25) is 0 Å². The van der Waals surface area contributed by atoms with Crippen molar-refractivity contribution in [2.75, 3.05) is 6.54 Å². The Labute approximate surface area is 229 Å². The van der Waals surface area contributed by atoms with Gasteiger partial charge in [0.15, 0.2) is 0 Å². The van der Waals surface area contributed by atoms with Crippen LogP contribution >= 0.6 is 0 Å². The summed E-state index contributed by atoms with van der Waals surface area (Å²) in [4.78, 5) is 9.23. The van der Waals surface area contributed by atoms with E-state index in [1.807, 2.05) is 6.92 Å². The van der Waals surface area contributed by atoms with Crippen molar-refractivity contribution in [3.63, 3.8) is 0 Å². The van der Waals surface area contributed by atoms with Gasteiger partial charge in [0.05, 0.1) is 5.52 Å². The van der Waals surface area contributed by atoms with Crippen molar-refractivity contribution in [2.24, 2.45) is 0 Å². The first-order valence-electron chi connectivity index (χ1n) is 14.4. The van der Waals surface area contributed by atoms with E-state index >= 15 is 0 Å². The van der Waals surface area contributed by atoms with Gasteiger partial charge in [-0.25, -0.2) is 9.97 Å². The van der Waals surface area contributed by atoms with Crippen molar-refractivity contribution in [3.8, 4) is 11.1 Å². The highest BCUT2D eigenvalue weighted by Gasteiger charge is 2.08. The highest BCUT2D eigenvalue weighted by molar-refractivity contribution is 5.82. The van der Waals surface area contributed by atoms with Crippen molar-refractivity contribution >= 4 is 10.9 Å². The summed E-state index contributed by atoms with van der Waals surface area (Å²) < 4.78 is 0. The second kappa shape index (κ2) is 13.9. The van der Waals surface area contributed by atoms with Gasteiger partial charge in [-0.3, -0.25) is 0 Å². The van der Waals surface area contributed by atoms with Crippen molar-refractivity contribution in [2.45, 2.75) is 78.6 Å². The minimum absolute atomic E-state index is 0.862. The van der Waals surface area contributed by atoms with Crippen LogP contribution in [0.3, 0.4) is 0 Å². The molecular weight excluding hydrogens is 462 g/mol. The van der Waals surface area contributed by atoms with Crippen molar-refractivity contribution in [3.05, 3.63) is 107 Å². The summed E-state index contributed by atoms with van der Waals surface area (Å²) in [6.45, 7) is 11.6. The van der Waals surface area contributed by atoms with Gasteiger partial charge in [0, 0.05) is 29.7 Å². The van der Waals surface area contributed by atoms with E-state index in [9.17, 15) is 0 Å². The highest BCUT2D eigenvalue weighted by Crippen LogP contribution is 2.24. The number of hydrogen-bond acceptors (Lipinski definition) is 3. The third-order valence-electron chi connectivity index (χ3n) is 7.43. The normalized spacial score (nSPS) is 11.1. The van der Waals surface area contributed by atoms with Gasteiger partial charge in [-0.15, -0.1) is 0 Å². The summed E-state index contributed by atoms with van der Waals surface area (Å²) in [5, 5.41) is 4.73. The zero-order valence-electron chi connectivity index (χ0n) is 23.5. The van der Waals surface area contributed by atoms with Gasteiger partial charge in [-0.2, -0.15) is 0 Å². The van der Waals surface area contributed by atoms with Gasteiger partial charge in [0.1, 0.15) is 5.82 Å². The molecule has 38 heavy (non-hydrogen) atoms. The van der Waals surface area contributed by atoms with Crippen LogP contribution in [0.1, 0.15) is 73.7 Å². The number of allylic oxidation sites excluding steroid dienone is 1. The molecule has 1 heterocycles. The molecule has 0 saturated carbocycles. The largest absolute Gasteiger partial charge is 0.389 e. The van der Waals surface area contributed by atoms with E-state index in [1.54, 1.807) is 0 Å². The van der Waals surface area contributed by atoms with E-state index in [0.29, 0.717) is 0 Å². The smallest absolute Gasteiger partial charge is 0.126 e. The van der Waals surface area contributed by atoms with Gasteiger partial charge >= 0.3 is 0 Å². The van der Waals surface area contributed by atoms with Crippen LogP contribution in [-0.4, -0.2) is 16.5 Å². The Hall–Kier alpha value is -3.46. The zero-order chi connectivity index (χ0) is 26.7. The van der Waals surface area contributed by atoms with E-state index < -0.39 is 0 Å². The van der Waals surface area contributed by atoms with E-state index in [4.69, 9.17) is 0 Å². The second-order valence-corrected chi connectivity index (χ2v) is 10.5. The first-order valence-corrected chi connectivity index (χ1v) is 14.4. The third-order valence-corrected chi connectivity index (χ3v) is 7.43. The van der Waals surface area contributed by atoms with Gasteiger partial charge in [-0.1, -0.05) is 93.8 Å². The maximum Gasteiger partial charge on any atom is 0.126 e. The molecule has 3 aromatic carbocycles. The maximum atomic E-state index is 4.69. The molecule has 3 nitrogen and oxygen atoms in total. The first kappa shape index (κ1) is 27.6. The molecule has 4 aromatic rings. The molecule has 0 unspecified atom stereocenters. The Morgan fingerprint density at radius 1 is 0.763 bits per heavy atom. The van der Waals surface area contributed by atoms with Gasteiger partial charge in [0.25, 0.3) is 0 Å². The maximum absolute atomic E-state index is 4.69. The van der Waals surface area contributed by atoms with Gasteiger partial charge in [-0.05, 0) is 79.5 Å². The van der Waals surface area contributed by atoms with Crippen LogP contribution in [-0.2, 0) is 19.3 Å². The molecule has 0 bridgehead atoms. The number of aromatic nitrogens is 2. The number of rotatable bonds is 14. The minimum Gasteiger partial charge on any atom is -0.389 e. The van der Waals surface area contributed by atoms with Crippen LogP contribution in [0, 0.1) is 13.8 Å². The predicted molar refractivity (Wildman–Crippen MR) is 163 cm³/mol. The number of aryl methyl sites for hydroxylation is 4. The Bertz CT molecular complexity index is 1320. The fraction of sp³-hybridized carbons (Fsp3) is 0.371. The third kappa shape index (κ3) is 7.77. The van der Waals surface area contributed by atoms with Crippen molar-refractivity contribution in [1.29, 1.82) is 0 Å². The summed E-state index contributed by atoms with van der Waals surface area (Å²) in [7, 11) is 0. The molecule has 0 fully saturated rings. The minimum atomic E-state index is 0.862. The quantitative estimate of drug-likeness (QED) is 0.174. The van der Waals surface area contributed by atoms with Gasteiger partial charge < -0.3 is 5.32 Å². The average molecular weight is 506 g/mol. The highest BCUT2D eigenvalue weighted by atomic mass is 14.9. The molecule has 0 spiro atoms. The lowest BCUT2D eigenvalue weighted by atomic mass is 9.96. The van der Waals surface area contributed by atoms with E-state index in [-0.39, 0.29) is 0 Å². The summed E-state index contributed by atoms with van der Waals surface area (Å²) >= 11 is 0. The number of hydrogen-bond donors (Lipinski definition) is 1. The molecule has 3 heteroatoms. The topological polar surface area (TPSA) is 37.8 Å². The summed E-state index contributed by atoms with van der Waals surface area (Å²) in [5.74, 6) is 0.862. The summed E-state index contributed by atoms with van der Waals surface area (Å²) in [5.41, 5.74) is 10.0. The van der Waals surface area contributed by atoms with Crippen LogP contribution in [0.25, 0.3) is 22.0 Å². The number of nitrogens with one attached hydrogen (secondary N) is 1. The average Bonchev–Trinajstić information content (AvgIpc) is 2.92. The number of fused-ring (bicyclic) bond motifs is 1. The SMILES string of the molecule is C=C(Cc1ccc(-c2ccccc2)cc1)NCCCCCCCCc1cc2nc(C)nc(C)c2cc1CC. The number of unbranched alkanes of at least 4 members (excludes halogenated alkanes) is 5. The van der Waals surface area contributed by atoms with Gasteiger partial charge in [0.2, 0.25) is 0 Å². The molecule has 1 aromatic heterocycles. The fourth-order valence-corrected chi connectivity index (χ4v) is 5.29. The molecular formula is C35H43N3. The van der Waals surface area contributed by atoms with Crippen LogP contribution in [0.4, 0.5) is 0 Å². The summed E-state index contributed by atoms with van der Waals surface area (Å²) in [6, 6.07) is 24.0. The molecule has 0 amide bonds. The molecule has 0 aliphatic rings. The second-order valence-electron chi connectivity index (χ2n) is 10.5. The zero-order valence-corrected chi connectivity index (χ0v) is 23.5. The van der Waals surface area contributed by atoms with Crippen LogP contribution in [0.15, 0.2) is 79.0 Å². The molecule has 0 atom stereocenters. The molecule has 0 saturated heterocycles. The molecule has 0 aliphatic heterocycles. The molecule has 0 radical (unpaired) electrons. The van der Waals surface area contributed by atoms with E-state index in [0.717, 1.165) is 48.5 Å². The lowest BCUT2D eigenvalue weighted by Gasteiger charge is -2.12. The van der Waals surface area contributed by atoms with E-state index in [2.05, 4.69) is 102 Å². The molecule has 4 rings (SSSR count). The monoisotopic (exact) mass is 505 g/mol. The van der Waals surface area contributed by atoms with Crippen LogP contribution < -0.4 is 5.32 Å². The fourth-order valence-electron chi connectivity index (χ4n) is 5.29. The lowest BCUT2D eigenvalue weighted by Crippen LogP contribution is -2.15. The van der Waals surface area contributed by atoms with Crippen molar-refractivity contribution in [1.82, 2.24) is 15.3 Å². The number of benzene rings is 3. The van der Waals surface area contributed by atoms with E-state index in [1.165, 1.54) is 71.7 Å². The number of nitrogens with zero attached hydrogens (tertiary/aromatic N) is 2. The Kier molecular flexibility index (Phi) is 10.1. The Balaban J connectivity index is 1.10. The van der Waals surface area contributed by atoms with Crippen LogP contribution in [0.5, 0.6) is 0 Å². The Morgan fingerprint density at radius 2 is 1.45 bits per heavy atom. The molecule has 0 aliphatic carbocycles. The predicted octanol–water partition coefficient (Wildman–Crippen LogP) is 8.71. The van der Waals surface area contributed by atoms with Crippen molar-refractivity contribution < 1.29 is 0 Å². The molecule has 1 N–H and O–H groups in total. The lowest BCUT2D eigenvalue weighted by molar-refractivity contribution is 0.580. The Morgan fingerprint density at radius 3 is 2.18 bits per heavy atom.